The lowest BCUT2D eigenvalue weighted by Gasteiger charge is -2.18. The largest absolute Gasteiger partial charge is 0.365 e. The van der Waals surface area contributed by atoms with E-state index in [1.165, 1.54) is 74.3 Å². The first-order chi connectivity index (χ1) is 58.4. The van der Waals surface area contributed by atoms with Crippen molar-refractivity contribution in [2.45, 2.75) is 376 Å². The van der Waals surface area contributed by atoms with Crippen LogP contribution in [0, 0.1) is 88.4 Å². The Balaban J connectivity index is -0.000000682. The first kappa shape index (κ1) is 129. The van der Waals surface area contributed by atoms with Gasteiger partial charge in [-0.2, -0.15) is 15.2 Å². The fourth-order valence-electron chi connectivity index (χ4n) is 11.7. The number of thiazole rings is 2. The normalized spacial score (nSPS) is 11.3. The van der Waals surface area contributed by atoms with Crippen molar-refractivity contribution in [1.82, 2.24) is 64.8 Å². The summed E-state index contributed by atoms with van der Waals surface area (Å²) in [4.78, 5) is 35.8. The molecule has 0 atom stereocenters. The molecule has 0 aliphatic carbocycles. The van der Waals surface area contributed by atoms with E-state index in [1.54, 1.807) is 41.2 Å². The summed E-state index contributed by atoms with van der Waals surface area (Å²) in [6.07, 6.45) is 27.4. The highest BCUT2D eigenvalue weighted by Gasteiger charge is 2.21. The van der Waals surface area contributed by atoms with Gasteiger partial charge < -0.3 is 9.05 Å². The van der Waals surface area contributed by atoms with Crippen LogP contribution in [0.3, 0.4) is 0 Å². The molecule has 0 amide bonds. The van der Waals surface area contributed by atoms with Gasteiger partial charge in [-0.25, -0.2) is 14.8 Å². The van der Waals surface area contributed by atoms with E-state index in [1.807, 2.05) is 139 Å². The molecule has 19 heteroatoms. The van der Waals surface area contributed by atoms with Crippen LogP contribution in [0.2, 0.25) is 0 Å². The van der Waals surface area contributed by atoms with Crippen molar-refractivity contribution >= 4 is 39.7 Å². The van der Waals surface area contributed by atoms with Gasteiger partial charge in [0, 0.05) is 118 Å². The van der Waals surface area contributed by atoms with Crippen molar-refractivity contribution in [1.29, 1.82) is 0 Å². The van der Waals surface area contributed by atoms with Crippen molar-refractivity contribution in [3.05, 3.63) is 270 Å². The molecule has 132 heavy (non-hydrogen) atoms. The molecule has 0 spiro atoms. The molecule has 1 aromatic carbocycles. The molecule has 738 valence electrons. The Morgan fingerprint density at radius 1 is 0.424 bits per heavy atom. The number of benzene rings is 1. The third-order valence-electron chi connectivity index (χ3n) is 17.4. The SMILES string of the molecule is C.C.C.C.C.CC(C)(C)CCc1cccs1.CC(C)(C)Cc1ccccn1.CC(C)(C)Cc1cccnc1.CC(C)(C)Cc1ccncc1.CC(C)(C)Cc1ccon1.CC(C)(C)Cc1noc(-c2ccccc2)n1.CC(C)(C)Cn1cccn1.Cc1cc(C)n(CC(C)(C)C)n1.Cc1nc(CC(C)(C)C)cs1.Cc1ncsc1CCC(C)(C)C.[C-]#[N+]c1ccc(C(C)(C)C)nc1. The number of aryl methyl sites for hydroxylation is 6. The van der Waals surface area contributed by atoms with Gasteiger partial charge in [-0.15, -0.1) is 34.0 Å². The second-order valence-corrected chi connectivity index (χ2v) is 49.0. The minimum absolute atomic E-state index is 0. The number of hydrogen-bond acceptors (Lipinski definition) is 16. The summed E-state index contributed by atoms with van der Waals surface area (Å²) in [6.45, 7) is 90.2. The molecule has 11 aromatic heterocycles. The second-order valence-electron chi connectivity index (χ2n) is 45.9. The molecule has 0 aliphatic rings. The van der Waals surface area contributed by atoms with Crippen molar-refractivity contribution in [2.75, 3.05) is 0 Å². The molecule has 0 aliphatic heterocycles. The predicted octanol–water partition coefficient (Wildman–Crippen LogP) is 34.4. The highest BCUT2D eigenvalue weighted by Crippen LogP contribution is 2.30. The van der Waals surface area contributed by atoms with Crippen molar-refractivity contribution in [3.8, 4) is 11.5 Å². The van der Waals surface area contributed by atoms with Crippen molar-refractivity contribution in [3.63, 3.8) is 0 Å². The second kappa shape index (κ2) is 61.1. The summed E-state index contributed by atoms with van der Waals surface area (Å²) < 4.78 is 14.0. The van der Waals surface area contributed by atoms with Gasteiger partial charge in [-0.3, -0.25) is 29.3 Å². The van der Waals surface area contributed by atoms with Gasteiger partial charge in [0.15, 0.2) is 5.82 Å². The first-order valence-corrected chi connectivity index (χ1v) is 47.6. The summed E-state index contributed by atoms with van der Waals surface area (Å²) in [5.74, 6) is 1.37. The lowest BCUT2D eigenvalue weighted by Crippen LogP contribution is -2.17. The van der Waals surface area contributed by atoms with Gasteiger partial charge >= 0.3 is 0 Å². The summed E-state index contributed by atoms with van der Waals surface area (Å²) in [5.41, 5.74) is 17.8. The molecule has 0 radical (unpaired) electrons. The Bertz CT molecular complexity index is 4640. The predicted molar refractivity (Wildman–Crippen MR) is 577 cm³/mol. The molecule has 0 N–H and O–H groups in total. The highest BCUT2D eigenvalue weighted by molar-refractivity contribution is 7.10. The molecule has 16 nitrogen and oxygen atoms in total. The lowest BCUT2D eigenvalue weighted by atomic mass is 9.89. The molecule has 12 rings (SSSR count). The van der Waals surface area contributed by atoms with Crippen LogP contribution in [0.25, 0.3) is 16.3 Å². The van der Waals surface area contributed by atoms with Crippen molar-refractivity contribution in [2.24, 2.45) is 54.1 Å². The average Bonchev–Trinajstić information content (AvgIpc) is 1.67. The molecule has 0 fully saturated rings. The van der Waals surface area contributed by atoms with E-state index in [0.29, 0.717) is 60.3 Å². The van der Waals surface area contributed by atoms with Crippen LogP contribution in [0.4, 0.5) is 5.69 Å². The Hall–Kier alpha value is -8.96. The number of hydrogen-bond donors (Lipinski definition) is 0. The summed E-state index contributed by atoms with van der Waals surface area (Å²) in [5, 5.41) is 21.8. The monoisotopic (exact) mass is 1870 g/mol. The number of aromatic nitrogens is 13. The van der Waals surface area contributed by atoms with E-state index in [9.17, 15) is 0 Å². The maximum Gasteiger partial charge on any atom is 0.257 e. The maximum atomic E-state index is 6.76. The molecular weight excluding hydrogens is 1680 g/mol. The van der Waals surface area contributed by atoms with E-state index < -0.39 is 0 Å². The third-order valence-corrected chi connectivity index (χ3v) is 20.1. The van der Waals surface area contributed by atoms with Gasteiger partial charge in [0.2, 0.25) is 5.69 Å². The molecule has 0 unspecified atom stereocenters. The maximum absolute atomic E-state index is 6.76. The van der Waals surface area contributed by atoms with Gasteiger partial charge in [-0.1, -0.05) is 324 Å². The lowest BCUT2D eigenvalue weighted by molar-refractivity contribution is 0.321. The first-order valence-electron chi connectivity index (χ1n) is 45.0. The molecule has 11 heterocycles. The van der Waals surface area contributed by atoms with Gasteiger partial charge in [0.1, 0.15) is 6.26 Å². The molecule has 0 bridgehead atoms. The Labute approximate surface area is 819 Å². The Morgan fingerprint density at radius 3 is 1.39 bits per heavy atom. The number of nitrogens with zero attached hydrogens (tertiary/aromatic N) is 14. The van der Waals surface area contributed by atoms with Gasteiger partial charge in [-0.05, 0) is 217 Å². The zero-order chi connectivity index (χ0) is 96.3. The fraction of sp³-hybridized carbons (Fsp3) is 0.575. The minimum Gasteiger partial charge on any atom is -0.365 e. The van der Waals surface area contributed by atoms with E-state index in [4.69, 9.17) is 15.6 Å². The Kier molecular flexibility index (Phi) is 59.9. The molecule has 0 saturated heterocycles. The third kappa shape index (κ3) is 69.8. The summed E-state index contributed by atoms with van der Waals surface area (Å²) in [6, 6.07) is 38.2. The van der Waals surface area contributed by atoms with Crippen molar-refractivity contribution < 1.29 is 9.05 Å². The average molecular weight is 1870 g/mol. The topological polar surface area (TPSA) is 182 Å². The number of thiophene rings is 1. The van der Waals surface area contributed by atoms with Crippen LogP contribution in [0.1, 0.15) is 350 Å². The van der Waals surface area contributed by atoms with E-state index in [0.717, 1.165) is 80.1 Å². The molecular formula is C113H186N14O2S3. The van der Waals surface area contributed by atoms with E-state index in [-0.39, 0.29) is 48.0 Å². The van der Waals surface area contributed by atoms with Crippen LogP contribution in [0.15, 0.2) is 196 Å². The van der Waals surface area contributed by atoms with Gasteiger partial charge in [0.25, 0.3) is 5.89 Å². The zero-order valence-electron chi connectivity index (χ0n) is 85.7. The summed E-state index contributed by atoms with van der Waals surface area (Å²) >= 11 is 5.38. The van der Waals surface area contributed by atoms with Crippen LogP contribution in [0.5, 0.6) is 0 Å². The summed E-state index contributed by atoms with van der Waals surface area (Å²) in [7, 11) is 0. The van der Waals surface area contributed by atoms with E-state index >= 15 is 0 Å². The molecule has 12 aromatic rings. The number of pyridine rings is 4. The fourth-order valence-corrected chi connectivity index (χ4v) is 13.8. The highest BCUT2D eigenvalue weighted by atomic mass is 32.1. The minimum atomic E-state index is 0. The number of rotatable bonds is 13. The molecule has 0 saturated carbocycles. The van der Waals surface area contributed by atoms with Gasteiger partial charge in [0.05, 0.1) is 39.9 Å². The van der Waals surface area contributed by atoms with Crippen LogP contribution in [-0.2, 0) is 69.9 Å². The zero-order valence-corrected chi connectivity index (χ0v) is 88.1. The van der Waals surface area contributed by atoms with E-state index in [2.05, 4.69) is 367 Å². The van der Waals surface area contributed by atoms with Crippen LogP contribution in [-0.4, -0.2) is 64.8 Å². The quantitative estimate of drug-likeness (QED) is 0.0995. The van der Waals surface area contributed by atoms with Crippen LogP contribution >= 0.6 is 34.0 Å². The Morgan fingerprint density at radius 2 is 0.977 bits per heavy atom. The standard InChI is InChI=1S/C13H16N2O.C10H18N2.C10H12N2.C10H17NS.3C10H15N.C10H16S.C9H15NS.C8H14N2.C8H13NO.5CH4/c1-13(2,3)9-11-14-12(16-15-11)10-7-5-4-6-8-10;1-8-6-9(2)12(11-8)7-10(3,4)5;1-10(2,3)9-6-5-8(11-4)7-12-9;1-8-9(12-7-11-8)5-6-10(2,3)4;1-10(2,3)8-9-4-6-11-7-5-9;1-10(2,3)7-9-5-4-6-11-8-9;1-10(2,3)8-9-6-4-5-7-11-9;1-10(2,3)7-6-9-5-4-8-11-9;1-7-10-8(6-11-7)5-9(2,3)4;1-8(2,3)7-10-6-4-5-9-10;1-8(2,3)6-7-4-5-10-9-7;;;;;/h4-8H,9H2,1-3H3;6H,7H2,1-5H3;5-7H,1-3H3;7H,5-6H2,1-4H3;4-7H,8H2,1-3H3;4-6,8H,7H2,1-3H3;4-7H,8H2,1-3H3;4-5,8H,6-7H2,1-3H3;6H,5H2,1-4H3;4-6H,7H2,1-3H3;4-5H,6H2,1-3H3;5*1H4. The van der Waals surface area contributed by atoms with Crippen LogP contribution < -0.4 is 0 Å². The smallest absolute Gasteiger partial charge is 0.257 e.